The van der Waals surface area contributed by atoms with Gasteiger partial charge < -0.3 is 5.32 Å². The van der Waals surface area contributed by atoms with Crippen molar-refractivity contribution in [2.45, 2.75) is 25.2 Å². The minimum atomic E-state index is -4.54. The summed E-state index contributed by atoms with van der Waals surface area (Å²) >= 11 is 1.43. The van der Waals surface area contributed by atoms with E-state index < -0.39 is 35.5 Å². The number of alkyl halides is 3. The molecule has 9 heteroatoms. The van der Waals surface area contributed by atoms with Crippen molar-refractivity contribution in [2.75, 3.05) is 12.0 Å². The van der Waals surface area contributed by atoms with Gasteiger partial charge in [0.1, 0.15) is 6.04 Å². The van der Waals surface area contributed by atoms with Crippen LogP contribution in [0.25, 0.3) is 0 Å². The molecule has 0 saturated carbocycles. The summed E-state index contributed by atoms with van der Waals surface area (Å²) in [6.45, 7) is -0.353. The first-order valence-corrected chi connectivity index (χ1v) is 9.12. The Labute approximate surface area is 152 Å². The van der Waals surface area contributed by atoms with Gasteiger partial charge in [-0.15, -0.1) is 0 Å². The molecule has 0 saturated heterocycles. The van der Waals surface area contributed by atoms with Crippen LogP contribution in [0, 0.1) is 0 Å². The van der Waals surface area contributed by atoms with Crippen molar-refractivity contribution in [2.24, 2.45) is 0 Å². The maximum Gasteiger partial charge on any atom is 0.416 e. The lowest BCUT2D eigenvalue weighted by molar-refractivity contribution is -0.145. The molecule has 1 heterocycles. The Kier molecular flexibility index (Phi) is 6.47. The van der Waals surface area contributed by atoms with Gasteiger partial charge in [-0.2, -0.15) is 24.9 Å². The zero-order valence-corrected chi connectivity index (χ0v) is 14.7. The molecule has 2 rings (SSSR count). The van der Waals surface area contributed by atoms with Crippen molar-refractivity contribution < 1.29 is 27.6 Å². The van der Waals surface area contributed by atoms with Gasteiger partial charge in [0.25, 0.3) is 11.8 Å². The largest absolute Gasteiger partial charge is 0.416 e. The summed E-state index contributed by atoms with van der Waals surface area (Å²) in [6.07, 6.45) is -0.376. The fourth-order valence-corrected chi connectivity index (χ4v) is 3.04. The fraction of sp³-hybridized carbons (Fsp3) is 0.353. The maximum absolute atomic E-state index is 13.0. The third kappa shape index (κ3) is 4.66. The number of imide groups is 1. The lowest BCUT2D eigenvalue weighted by Gasteiger charge is -2.25. The van der Waals surface area contributed by atoms with Gasteiger partial charge in [0.15, 0.2) is 0 Å². The average molecular weight is 386 g/mol. The fourth-order valence-electron chi connectivity index (χ4n) is 2.58. The molecule has 1 atom stereocenters. The van der Waals surface area contributed by atoms with Gasteiger partial charge in [-0.1, -0.05) is 18.2 Å². The monoisotopic (exact) mass is 386 g/mol. The van der Waals surface area contributed by atoms with Gasteiger partial charge in [-0.3, -0.25) is 19.3 Å². The molecule has 5 nitrogen and oxygen atoms in total. The van der Waals surface area contributed by atoms with Crippen LogP contribution in [0.2, 0.25) is 0 Å². The molecule has 1 N–H and O–H groups in total. The molecule has 3 amide bonds. The maximum atomic E-state index is 13.0. The van der Waals surface area contributed by atoms with Crippen molar-refractivity contribution in [1.29, 1.82) is 0 Å². The third-order valence-electron chi connectivity index (χ3n) is 3.83. The molecule has 0 spiro atoms. The Bertz CT molecular complexity index is 716. The predicted octanol–water partition coefficient (Wildman–Crippen LogP) is 2.37. The molecular weight excluding hydrogens is 369 g/mol. The van der Waals surface area contributed by atoms with Crippen LogP contribution in [0.1, 0.15) is 17.5 Å². The third-order valence-corrected chi connectivity index (χ3v) is 4.47. The van der Waals surface area contributed by atoms with Gasteiger partial charge in [0.2, 0.25) is 5.91 Å². The number of rotatable bonds is 7. The van der Waals surface area contributed by atoms with Gasteiger partial charge in [-0.25, -0.2) is 0 Å². The second-order valence-corrected chi connectivity index (χ2v) is 6.54. The summed E-state index contributed by atoms with van der Waals surface area (Å²) in [5, 5.41) is 2.42. The van der Waals surface area contributed by atoms with Crippen molar-refractivity contribution >= 4 is 29.5 Å². The highest BCUT2D eigenvalue weighted by atomic mass is 32.2. The van der Waals surface area contributed by atoms with E-state index in [4.69, 9.17) is 0 Å². The Morgan fingerprint density at radius 3 is 2.38 bits per heavy atom. The molecule has 1 aliphatic rings. The van der Waals surface area contributed by atoms with E-state index >= 15 is 0 Å². The number of hydrogen-bond donors (Lipinski definition) is 1. The molecule has 0 bridgehead atoms. The first-order chi connectivity index (χ1) is 12.3. The topological polar surface area (TPSA) is 66.5 Å². The number of nitrogens with one attached hydrogen (secondary N) is 1. The number of amides is 3. The Morgan fingerprint density at radius 2 is 1.81 bits per heavy atom. The quantitative estimate of drug-likeness (QED) is 0.731. The number of carbonyl (C=O) groups excluding carboxylic acids is 3. The summed E-state index contributed by atoms with van der Waals surface area (Å²) in [5.41, 5.74) is -0.926. The Morgan fingerprint density at radius 1 is 1.19 bits per heavy atom. The Hall–Kier alpha value is -2.29. The minimum absolute atomic E-state index is 0.0887. The van der Waals surface area contributed by atoms with Crippen LogP contribution in [0.3, 0.4) is 0 Å². The van der Waals surface area contributed by atoms with Crippen molar-refractivity contribution in [1.82, 2.24) is 10.2 Å². The van der Waals surface area contributed by atoms with Gasteiger partial charge in [-0.05, 0) is 30.1 Å². The van der Waals surface area contributed by atoms with E-state index in [1.807, 2.05) is 0 Å². The number of hydrogen-bond acceptors (Lipinski definition) is 4. The molecule has 1 aromatic carbocycles. The van der Waals surface area contributed by atoms with E-state index in [9.17, 15) is 27.6 Å². The molecule has 140 valence electrons. The van der Waals surface area contributed by atoms with Crippen molar-refractivity contribution in [3.05, 3.63) is 47.5 Å². The number of benzene rings is 1. The van der Waals surface area contributed by atoms with E-state index in [-0.39, 0.29) is 18.5 Å². The number of halogens is 3. The smallest absolute Gasteiger partial charge is 0.350 e. The first kappa shape index (κ1) is 20.0. The van der Waals surface area contributed by atoms with Gasteiger partial charge in [0.05, 0.1) is 5.56 Å². The van der Waals surface area contributed by atoms with E-state index in [1.165, 1.54) is 30.0 Å². The summed E-state index contributed by atoms with van der Waals surface area (Å²) in [4.78, 5) is 37.0. The van der Waals surface area contributed by atoms with Crippen molar-refractivity contribution in [3.63, 3.8) is 0 Å². The highest BCUT2D eigenvalue weighted by Gasteiger charge is 2.36. The highest BCUT2D eigenvalue weighted by Crippen LogP contribution is 2.31. The van der Waals surface area contributed by atoms with Crippen LogP contribution >= 0.6 is 11.8 Å². The second kappa shape index (κ2) is 8.39. The van der Waals surface area contributed by atoms with E-state index in [1.54, 1.807) is 6.26 Å². The SMILES string of the molecule is CSCCC(C(=O)NCc1ccccc1C(F)(F)F)N1C(=O)C=CC1=O. The Balaban J connectivity index is 2.13. The number of thioether (sulfide) groups is 1. The molecule has 1 aliphatic heterocycles. The molecule has 1 unspecified atom stereocenters. The van der Waals surface area contributed by atoms with Crippen molar-refractivity contribution in [3.8, 4) is 0 Å². The van der Waals surface area contributed by atoms with Gasteiger partial charge in [0, 0.05) is 18.7 Å². The molecule has 0 aromatic heterocycles. The summed E-state index contributed by atoms with van der Waals surface area (Å²) in [5.74, 6) is -1.37. The van der Waals surface area contributed by atoms with Gasteiger partial charge >= 0.3 is 6.18 Å². The summed E-state index contributed by atoms with van der Waals surface area (Å²) < 4.78 is 39.1. The molecule has 26 heavy (non-hydrogen) atoms. The lowest BCUT2D eigenvalue weighted by Crippen LogP contribution is -2.49. The van der Waals surface area contributed by atoms with Crippen LogP contribution in [0.15, 0.2) is 36.4 Å². The van der Waals surface area contributed by atoms with Crippen LogP contribution in [0.4, 0.5) is 13.2 Å². The van der Waals surface area contributed by atoms with Crippen LogP contribution in [-0.4, -0.2) is 40.7 Å². The molecule has 0 fully saturated rings. The summed E-state index contributed by atoms with van der Waals surface area (Å²) in [7, 11) is 0. The normalized spacial score (nSPS) is 15.5. The zero-order valence-electron chi connectivity index (χ0n) is 13.9. The predicted molar refractivity (Wildman–Crippen MR) is 91.1 cm³/mol. The van der Waals surface area contributed by atoms with E-state index in [0.717, 1.165) is 23.1 Å². The van der Waals surface area contributed by atoms with Crippen LogP contribution in [-0.2, 0) is 27.1 Å². The van der Waals surface area contributed by atoms with Crippen LogP contribution in [0.5, 0.6) is 0 Å². The first-order valence-electron chi connectivity index (χ1n) is 7.72. The minimum Gasteiger partial charge on any atom is -0.350 e. The average Bonchev–Trinajstić information content (AvgIpc) is 2.92. The highest BCUT2D eigenvalue weighted by molar-refractivity contribution is 7.98. The second-order valence-electron chi connectivity index (χ2n) is 5.55. The molecule has 0 radical (unpaired) electrons. The van der Waals surface area contributed by atoms with Crippen LogP contribution < -0.4 is 5.32 Å². The standard InChI is InChI=1S/C17H17F3N2O3S/c1-26-9-8-13(22-14(23)6-7-15(22)24)16(25)21-10-11-4-2-3-5-12(11)17(18,19)20/h2-7,13H,8-10H2,1H3,(H,21,25). The van der Waals surface area contributed by atoms with E-state index in [2.05, 4.69) is 5.32 Å². The summed E-state index contributed by atoms with van der Waals surface area (Å²) in [6, 6.07) is 3.86. The van der Waals surface area contributed by atoms with E-state index in [0.29, 0.717) is 5.75 Å². The number of nitrogens with zero attached hydrogens (tertiary/aromatic N) is 1. The lowest BCUT2D eigenvalue weighted by atomic mass is 10.1. The molecular formula is C17H17F3N2O3S. The molecule has 0 aliphatic carbocycles. The zero-order chi connectivity index (χ0) is 19.3. The molecule has 1 aromatic rings. The number of carbonyl (C=O) groups is 3.